The molecule has 2 saturated heterocycles. The molecule has 50 heavy (non-hydrogen) atoms. The van der Waals surface area contributed by atoms with Crippen molar-refractivity contribution in [3.8, 4) is 11.5 Å². The molecule has 0 aliphatic carbocycles. The highest BCUT2D eigenvalue weighted by Gasteiger charge is 2.50. The molecular formula is C39H51F2N3O5Si. The molecule has 3 atom stereocenters. The lowest BCUT2D eigenvalue weighted by molar-refractivity contribution is -0.130. The smallest absolute Gasteiger partial charge is 0.415 e. The second kappa shape index (κ2) is 16.0. The highest BCUT2D eigenvalue weighted by Crippen LogP contribution is 2.51. The molecule has 8 nitrogen and oxygen atoms in total. The first-order valence-corrected chi connectivity index (χ1v) is 20.7. The number of halogens is 2. The minimum atomic E-state index is -2.57. The van der Waals surface area contributed by atoms with Crippen molar-refractivity contribution in [2.75, 3.05) is 37.7 Å². The van der Waals surface area contributed by atoms with Crippen molar-refractivity contribution >= 4 is 26.0 Å². The Kier molecular flexibility index (Phi) is 12.0. The van der Waals surface area contributed by atoms with Gasteiger partial charge < -0.3 is 29.4 Å². The van der Waals surface area contributed by atoms with E-state index in [0.717, 1.165) is 24.0 Å². The van der Waals surface area contributed by atoms with Crippen LogP contribution in [-0.4, -0.2) is 62.8 Å². The largest absolute Gasteiger partial charge is 0.493 e. The van der Waals surface area contributed by atoms with E-state index in [1.165, 1.54) is 24.3 Å². The number of amides is 2. The quantitative estimate of drug-likeness (QED) is 0.0998. The van der Waals surface area contributed by atoms with Crippen molar-refractivity contribution in [3.05, 3.63) is 89.5 Å². The maximum absolute atomic E-state index is 14.1. The first kappa shape index (κ1) is 37.5. The SMILES string of the molecule is CCCCOc1cc(OC(=O)N2CCNCC2)ccc1[C@@H]1C(CC[C@H](CC(C)(C)[Si](C)(C)O)c2ccc(F)cc2)C(=O)N1c1ccc(F)cc1. The number of unbranched alkanes of at least 4 members (excludes halogenated alkanes) is 1. The van der Waals surface area contributed by atoms with Gasteiger partial charge >= 0.3 is 6.09 Å². The standard InChI is InChI=1S/C39H51F2N3O5Si/c1-6-7-24-48-35-25-32(49-38(46)43-22-20-42-21-23-43)17-19-33(35)36-34(37(45)44(36)31-15-13-30(41)14-16-31)18-10-28(26-39(2,3)50(4,5)47)27-8-11-29(40)12-9-27/h8-9,11-17,19,25,28,34,36,42,47H,6-7,10,18,20-24,26H2,1-5H3/t28-,34?,36-/m1/s1. The van der Waals surface area contributed by atoms with Crippen molar-refractivity contribution in [2.24, 2.45) is 5.92 Å². The lowest BCUT2D eigenvalue weighted by Crippen LogP contribution is -2.55. The molecular weight excluding hydrogens is 657 g/mol. The monoisotopic (exact) mass is 707 g/mol. The fourth-order valence-corrected chi connectivity index (χ4v) is 7.48. The minimum Gasteiger partial charge on any atom is -0.493 e. The highest BCUT2D eigenvalue weighted by molar-refractivity contribution is 6.72. The third-order valence-electron chi connectivity index (χ3n) is 10.5. The van der Waals surface area contributed by atoms with Crippen LogP contribution in [0.1, 0.15) is 76.0 Å². The number of ether oxygens (including phenoxy) is 2. The molecule has 2 aliphatic heterocycles. The number of carbonyl (C=O) groups is 2. The van der Waals surface area contributed by atoms with Gasteiger partial charge in [0.05, 0.1) is 18.6 Å². The van der Waals surface area contributed by atoms with Gasteiger partial charge in [-0.3, -0.25) is 4.79 Å². The van der Waals surface area contributed by atoms with Gasteiger partial charge in [-0.2, -0.15) is 0 Å². The van der Waals surface area contributed by atoms with Gasteiger partial charge in [0.2, 0.25) is 5.91 Å². The van der Waals surface area contributed by atoms with Crippen molar-refractivity contribution in [2.45, 2.75) is 83.0 Å². The van der Waals surface area contributed by atoms with Gasteiger partial charge in [-0.15, -0.1) is 0 Å². The lowest BCUT2D eigenvalue weighted by atomic mass is 9.75. The van der Waals surface area contributed by atoms with Gasteiger partial charge in [0.1, 0.15) is 23.1 Å². The molecule has 0 bridgehead atoms. The normalized spacial score (nSPS) is 18.8. The third-order valence-corrected chi connectivity index (χ3v) is 14.1. The molecule has 270 valence electrons. The van der Waals surface area contributed by atoms with Crippen LogP contribution in [0.15, 0.2) is 66.7 Å². The van der Waals surface area contributed by atoms with E-state index in [1.54, 1.807) is 46.2 Å². The summed E-state index contributed by atoms with van der Waals surface area (Å²) >= 11 is 0. The maximum atomic E-state index is 14.1. The second-order valence-corrected chi connectivity index (χ2v) is 19.2. The van der Waals surface area contributed by atoms with Crippen LogP contribution in [0.5, 0.6) is 11.5 Å². The predicted molar refractivity (Wildman–Crippen MR) is 194 cm³/mol. The summed E-state index contributed by atoms with van der Waals surface area (Å²) in [6, 6.07) is 17.3. The average molecular weight is 708 g/mol. The summed E-state index contributed by atoms with van der Waals surface area (Å²) in [7, 11) is -2.57. The summed E-state index contributed by atoms with van der Waals surface area (Å²) in [5.74, 6) is -0.348. The van der Waals surface area contributed by atoms with E-state index >= 15 is 0 Å². The summed E-state index contributed by atoms with van der Waals surface area (Å²) in [5, 5.41) is 2.89. The van der Waals surface area contributed by atoms with Gasteiger partial charge in [-0.25, -0.2) is 13.6 Å². The third kappa shape index (κ3) is 8.73. The predicted octanol–water partition coefficient (Wildman–Crippen LogP) is 8.18. The Labute approximate surface area is 295 Å². The Morgan fingerprint density at radius 3 is 2.28 bits per heavy atom. The molecule has 0 radical (unpaired) electrons. The number of rotatable bonds is 14. The van der Waals surface area contributed by atoms with Crippen LogP contribution in [0.25, 0.3) is 0 Å². The number of nitrogens with one attached hydrogen (secondary N) is 1. The van der Waals surface area contributed by atoms with E-state index in [-0.39, 0.29) is 22.7 Å². The Bertz CT molecular complexity index is 1610. The van der Waals surface area contributed by atoms with E-state index in [9.17, 15) is 23.2 Å². The Balaban J connectivity index is 1.47. The van der Waals surface area contributed by atoms with Crippen molar-refractivity contribution in [1.82, 2.24) is 10.2 Å². The number of carbonyl (C=O) groups excluding carboxylic acids is 2. The summed E-state index contributed by atoms with van der Waals surface area (Å²) in [5.41, 5.74) is 2.32. The van der Waals surface area contributed by atoms with E-state index < -0.39 is 32.2 Å². The Morgan fingerprint density at radius 1 is 1.02 bits per heavy atom. The summed E-state index contributed by atoms with van der Waals surface area (Å²) in [4.78, 5) is 41.5. The molecule has 2 N–H and O–H groups in total. The maximum Gasteiger partial charge on any atom is 0.415 e. The van der Waals surface area contributed by atoms with Crippen molar-refractivity contribution < 1.29 is 32.6 Å². The van der Waals surface area contributed by atoms with Gasteiger partial charge in [0.25, 0.3) is 0 Å². The highest BCUT2D eigenvalue weighted by atomic mass is 28.4. The summed E-state index contributed by atoms with van der Waals surface area (Å²) in [6.45, 7) is 13.1. The second-order valence-electron chi connectivity index (χ2n) is 14.7. The molecule has 3 aromatic rings. The number of anilines is 1. The van der Waals surface area contributed by atoms with E-state index in [0.29, 0.717) is 69.2 Å². The van der Waals surface area contributed by atoms with Crippen molar-refractivity contribution in [3.63, 3.8) is 0 Å². The van der Waals surface area contributed by atoms with E-state index in [1.807, 2.05) is 19.2 Å². The summed E-state index contributed by atoms with van der Waals surface area (Å²) < 4.78 is 40.1. The molecule has 1 unspecified atom stereocenters. The van der Waals surface area contributed by atoms with Gasteiger partial charge in [0.15, 0.2) is 8.32 Å². The van der Waals surface area contributed by atoms with Gasteiger partial charge in [0, 0.05) is 43.5 Å². The fraction of sp³-hybridized carbons (Fsp3) is 0.487. The van der Waals surface area contributed by atoms with Gasteiger partial charge in [-0.05, 0) is 104 Å². The zero-order chi connectivity index (χ0) is 36.1. The van der Waals surface area contributed by atoms with Crippen LogP contribution in [0, 0.1) is 17.6 Å². The number of β-lactam (4-membered cyclic amide) rings is 1. The first-order chi connectivity index (χ1) is 23.8. The molecule has 2 fully saturated rings. The molecule has 0 aromatic heterocycles. The van der Waals surface area contributed by atoms with Crippen LogP contribution in [0.3, 0.4) is 0 Å². The zero-order valence-electron chi connectivity index (χ0n) is 29.9. The Morgan fingerprint density at radius 2 is 1.66 bits per heavy atom. The number of benzene rings is 3. The minimum absolute atomic E-state index is 0.0232. The molecule has 0 saturated carbocycles. The molecule has 11 heteroatoms. The molecule has 5 rings (SSSR count). The number of nitrogens with zero attached hydrogens (tertiary/aromatic N) is 2. The number of piperazine rings is 1. The van der Waals surface area contributed by atoms with Gasteiger partial charge in [-0.1, -0.05) is 39.3 Å². The van der Waals surface area contributed by atoms with E-state index in [2.05, 4.69) is 26.1 Å². The van der Waals surface area contributed by atoms with E-state index in [4.69, 9.17) is 9.47 Å². The van der Waals surface area contributed by atoms with Crippen LogP contribution < -0.4 is 19.7 Å². The number of hydrogen-bond acceptors (Lipinski definition) is 6. The van der Waals surface area contributed by atoms with Crippen LogP contribution in [0.2, 0.25) is 18.1 Å². The fourth-order valence-electron chi connectivity index (χ4n) is 6.73. The van der Waals surface area contributed by atoms with Crippen LogP contribution in [0.4, 0.5) is 19.3 Å². The summed E-state index contributed by atoms with van der Waals surface area (Å²) in [6.07, 6.45) is 3.16. The zero-order valence-corrected chi connectivity index (χ0v) is 30.9. The molecule has 0 spiro atoms. The molecule has 2 amide bonds. The topological polar surface area (TPSA) is 91.3 Å². The van der Waals surface area contributed by atoms with Crippen molar-refractivity contribution in [1.29, 1.82) is 0 Å². The van der Waals surface area contributed by atoms with Crippen LogP contribution >= 0.6 is 0 Å². The molecule has 3 aromatic carbocycles. The Hall–Kier alpha value is -3.80. The lowest BCUT2D eigenvalue weighted by Gasteiger charge is -2.48. The van der Waals surface area contributed by atoms with Crippen LogP contribution in [-0.2, 0) is 4.79 Å². The first-order valence-electron chi connectivity index (χ1n) is 17.8. The molecule has 2 heterocycles. The number of hydrogen-bond donors (Lipinski definition) is 2. The average Bonchev–Trinajstić information content (AvgIpc) is 3.08. The molecule has 2 aliphatic rings.